The van der Waals surface area contributed by atoms with E-state index in [2.05, 4.69) is 0 Å². The Bertz CT molecular complexity index is 405. The monoisotopic (exact) mass is 252 g/mol. The molecule has 0 spiro atoms. The molecule has 2 aliphatic carbocycles. The number of ether oxygens (including phenoxy) is 1. The highest BCUT2D eigenvalue weighted by Crippen LogP contribution is 2.54. The van der Waals surface area contributed by atoms with Gasteiger partial charge in [0.1, 0.15) is 11.9 Å². The van der Waals surface area contributed by atoms with Gasteiger partial charge in [0.2, 0.25) is 0 Å². The van der Waals surface area contributed by atoms with Gasteiger partial charge in [-0.25, -0.2) is 0 Å². The predicted molar refractivity (Wildman–Crippen MR) is 63.6 cm³/mol. The third-order valence-electron chi connectivity index (χ3n) is 5.52. The van der Waals surface area contributed by atoms with Crippen molar-refractivity contribution in [1.29, 1.82) is 0 Å². The van der Waals surface area contributed by atoms with Crippen molar-refractivity contribution in [2.75, 3.05) is 0 Å². The van der Waals surface area contributed by atoms with Crippen LogP contribution in [0.2, 0.25) is 0 Å². The predicted octanol–water partition coefficient (Wildman–Crippen LogP) is 1.30. The maximum atomic E-state index is 12.2. The molecule has 0 aromatic rings. The van der Waals surface area contributed by atoms with Gasteiger partial charge in [0.15, 0.2) is 0 Å². The van der Waals surface area contributed by atoms with Crippen molar-refractivity contribution in [3.05, 3.63) is 0 Å². The van der Waals surface area contributed by atoms with Crippen molar-refractivity contribution >= 4 is 11.8 Å². The lowest BCUT2D eigenvalue weighted by atomic mass is 9.54. The molecule has 100 valence electrons. The van der Waals surface area contributed by atoms with Crippen molar-refractivity contribution in [3.8, 4) is 0 Å². The van der Waals surface area contributed by atoms with Crippen LogP contribution in [0.5, 0.6) is 0 Å². The van der Waals surface area contributed by atoms with Gasteiger partial charge < -0.3 is 9.84 Å². The van der Waals surface area contributed by atoms with Crippen molar-refractivity contribution < 1.29 is 19.4 Å². The third kappa shape index (κ3) is 1.41. The fraction of sp³-hybridized carbons (Fsp3) is 0.857. The van der Waals surface area contributed by atoms with E-state index >= 15 is 0 Å². The standard InChI is InChI=1S/C14H20O4/c1-7-8-5-6-14(2)10(16)4-3-9(15)11(14)12(8)18-13(7)17/h7-8,10-12,16H,3-6H2,1-2H3/t7-,8-,10+,11+,12-,14-/m0/s1. The van der Waals surface area contributed by atoms with E-state index in [4.69, 9.17) is 4.74 Å². The van der Waals surface area contributed by atoms with Crippen LogP contribution in [0.3, 0.4) is 0 Å². The van der Waals surface area contributed by atoms with Gasteiger partial charge in [0.25, 0.3) is 0 Å². The summed E-state index contributed by atoms with van der Waals surface area (Å²) in [5, 5.41) is 10.2. The first kappa shape index (κ1) is 12.2. The molecule has 0 radical (unpaired) electrons. The minimum Gasteiger partial charge on any atom is -0.461 e. The zero-order valence-corrected chi connectivity index (χ0v) is 10.9. The lowest BCUT2D eigenvalue weighted by Gasteiger charge is -2.50. The summed E-state index contributed by atoms with van der Waals surface area (Å²) < 4.78 is 5.46. The van der Waals surface area contributed by atoms with Crippen LogP contribution in [0, 0.1) is 23.2 Å². The number of hydrogen-bond acceptors (Lipinski definition) is 4. The number of carbonyl (C=O) groups excluding carboxylic acids is 2. The first-order valence-corrected chi connectivity index (χ1v) is 6.86. The average Bonchev–Trinajstić information content (AvgIpc) is 2.60. The molecule has 0 unspecified atom stereocenters. The quantitative estimate of drug-likeness (QED) is 0.660. The van der Waals surface area contributed by atoms with E-state index in [9.17, 15) is 14.7 Å². The van der Waals surface area contributed by atoms with Crippen molar-refractivity contribution in [2.24, 2.45) is 23.2 Å². The van der Waals surface area contributed by atoms with Gasteiger partial charge in [0, 0.05) is 17.8 Å². The van der Waals surface area contributed by atoms with Gasteiger partial charge in [-0.05, 0) is 19.3 Å². The largest absolute Gasteiger partial charge is 0.461 e. The summed E-state index contributed by atoms with van der Waals surface area (Å²) in [6.07, 6.45) is 1.90. The van der Waals surface area contributed by atoms with Crippen LogP contribution >= 0.6 is 0 Å². The molecule has 1 N–H and O–H groups in total. The molecule has 4 heteroatoms. The van der Waals surface area contributed by atoms with Gasteiger partial charge >= 0.3 is 5.97 Å². The second-order valence-corrected chi connectivity index (χ2v) is 6.40. The van der Waals surface area contributed by atoms with Gasteiger partial charge in [-0.3, -0.25) is 9.59 Å². The number of esters is 1. The summed E-state index contributed by atoms with van der Waals surface area (Å²) >= 11 is 0. The molecule has 18 heavy (non-hydrogen) atoms. The number of fused-ring (bicyclic) bond motifs is 3. The summed E-state index contributed by atoms with van der Waals surface area (Å²) in [5.74, 6) is -0.258. The summed E-state index contributed by atoms with van der Waals surface area (Å²) in [7, 11) is 0. The number of ketones is 1. The summed E-state index contributed by atoms with van der Waals surface area (Å²) in [4.78, 5) is 23.9. The van der Waals surface area contributed by atoms with Gasteiger partial charge in [-0.1, -0.05) is 13.8 Å². The molecule has 3 rings (SSSR count). The lowest BCUT2D eigenvalue weighted by Crippen LogP contribution is -2.56. The fourth-order valence-corrected chi connectivity index (χ4v) is 4.22. The van der Waals surface area contributed by atoms with Crippen LogP contribution in [0.4, 0.5) is 0 Å². The van der Waals surface area contributed by atoms with Crippen molar-refractivity contribution in [1.82, 2.24) is 0 Å². The second kappa shape index (κ2) is 3.80. The number of Topliss-reactive ketones (excluding diaryl/α,β-unsaturated/α-hetero) is 1. The fourth-order valence-electron chi connectivity index (χ4n) is 4.22. The third-order valence-corrected chi connectivity index (χ3v) is 5.52. The number of aliphatic hydroxyl groups excluding tert-OH is 1. The number of aliphatic hydroxyl groups is 1. The molecule has 1 aliphatic heterocycles. The van der Waals surface area contributed by atoms with Gasteiger partial charge in [-0.2, -0.15) is 0 Å². The van der Waals surface area contributed by atoms with E-state index in [0.717, 1.165) is 12.8 Å². The maximum absolute atomic E-state index is 12.2. The Morgan fingerprint density at radius 3 is 2.78 bits per heavy atom. The molecule has 1 saturated heterocycles. The van der Waals surface area contributed by atoms with Crippen LogP contribution in [-0.4, -0.2) is 29.1 Å². The molecule has 2 saturated carbocycles. The number of hydrogen-bond donors (Lipinski definition) is 1. The molecule has 1 heterocycles. The molecule has 6 atom stereocenters. The molecule has 4 nitrogen and oxygen atoms in total. The van der Waals surface area contributed by atoms with Gasteiger partial charge in [0.05, 0.1) is 17.9 Å². The SMILES string of the molecule is C[C@@H]1C(=O)O[C@H]2[C@H]1CC[C@@]1(C)[C@H](O)CCC(=O)[C@H]21. The van der Waals surface area contributed by atoms with Crippen LogP contribution in [-0.2, 0) is 14.3 Å². The highest BCUT2D eigenvalue weighted by atomic mass is 16.6. The van der Waals surface area contributed by atoms with E-state index in [1.54, 1.807) is 0 Å². The molecular weight excluding hydrogens is 232 g/mol. The molecule has 3 fully saturated rings. The van der Waals surface area contributed by atoms with Crippen LogP contribution in [0.15, 0.2) is 0 Å². The van der Waals surface area contributed by atoms with E-state index in [1.165, 1.54) is 0 Å². The topological polar surface area (TPSA) is 63.6 Å². The van der Waals surface area contributed by atoms with Crippen LogP contribution < -0.4 is 0 Å². The normalized spacial score (nSPS) is 51.6. The van der Waals surface area contributed by atoms with Gasteiger partial charge in [-0.15, -0.1) is 0 Å². The Balaban J connectivity index is 1.98. The Morgan fingerprint density at radius 1 is 1.33 bits per heavy atom. The van der Waals surface area contributed by atoms with Crippen LogP contribution in [0.25, 0.3) is 0 Å². The molecular formula is C14H20O4. The van der Waals surface area contributed by atoms with E-state index in [0.29, 0.717) is 12.8 Å². The van der Waals surface area contributed by atoms with Crippen LogP contribution in [0.1, 0.15) is 39.5 Å². The Hall–Kier alpha value is -0.900. The van der Waals surface area contributed by atoms with E-state index in [-0.39, 0.29) is 35.6 Å². The molecule has 3 aliphatic rings. The molecule has 0 aromatic heterocycles. The Morgan fingerprint density at radius 2 is 2.06 bits per heavy atom. The first-order valence-electron chi connectivity index (χ1n) is 6.86. The van der Waals surface area contributed by atoms with Crippen molar-refractivity contribution in [3.63, 3.8) is 0 Å². The number of rotatable bonds is 0. The Kier molecular flexibility index (Phi) is 2.56. The first-order chi connectivity index (χ1) is 8.45. The van der Waals surface area contributed by atoms with E-state index < -0.39 is 11.5 Å². The molecule has 0 aromatic carbocycles. The Labute approximate surface area is 107 Å². The smallest absolute Gasteiger partial charge is 0.309 e. The summed E-state index contributed by atoms with van der Waals surface area (Å²) in [5.41, 5.74) is -0.402. The zero-order valence-electron chi connectivity index (χ0n) is 10.9. The molecule has 0 bridgehead atoms. The molecule has 0 amide bonds. The lowest BCUT2D eigenvalue weighted by molar-refractivity contribution is -0.166. The van der Waals surface area contributed by atoms with Crippen molar-refractivity contribution in [2.45, 2.75) is 51.7 Å². The van der Waals surface area contributed by atoms with E-state index in [1.807, 2.05) is 13.8 Å². The zero-order chi connectivity index (χ0) is 13.1. The highest BCUT2D eigenvalue weighted by Gasteiger charge is 2.60. The summed E-state index contributed by atoms with van der Waals surface area (Å²) in [6.45, 7) is 3.87. The minimum absolute atomic E-state index is 0.105. The summed E-state index contributed by atoms with van der Waals surface area (Å²) in [6, 6.07) is 0. The average molecular weight is 252 g/mol. The number of carbonyl (C=O) groups is 2. The highest BCUT2D eigenvalue weighted by molar-refractivity contribution is 5.85. The second-order valence-electron chi connectivity index (χ2n) is 6.40. The maximum Gasteiger partial charge on any atom is 0.309 e. The minimum atomic E-state index is -0.448.